The fourth-order valence-electron chi connectivity index (χ4n) is 2.08. The largest absolute Gasteiger partial charge is 0.507 e. The maximum atomic E-state index is 10.1. The van der Waals surface area contributed by atoms with Crippen LogP contribution in [0.15, 0.2) is 36.8 Å². The highest BCUT2D eigenvalue weighted by atomic mass is 16.3. The molecule has 0 aliphatic carbocycles. The lowest BCUT2D eigenvalue weighted by Crippen LogP contribution is -2.08. The molecule has 6 heteroatoms. The van der Waals surface area contributed by atoms with Crippen molar-refractivity contribution in [3.8, 4) is 0 Å². The van der Waals surface area contributed by atoms with E-state index in [-0.39, 0.29) is 17.4 Å². The van der Waals surface area contributed by atoms with Crippen molar-refractivity contribution in [2.75, 3.05) is 5.32 Å². The Bertz CT molecular complexity index is 710. The highest BCUT2D eigenvalue weighted by molar-refractivity contribution is 5.95. The van der Waals surface area contributed by atoms with Crippen LogP contribution in [0.2, 0.25) is 0 Å². The Kier molecular flexibility index (Phi) is 5.41. The Morgan fingerprint density at radius 1 is 1.39 bits per heavy atom. The van der Waals surface area contributed by atoms with E-state index in [2.05, 4.69) is 20.3 Å². The van der Waals surface area contributed by atoms with E-state index in [1.165, 1.54) is 6.08 Å². The van der Waals surface area contributed by atoms with Crippen LogP contribution < -0.4 is 5.32 Å². The molecule has 0 amide bonds. The second kappa shape index (κ2) is 7.49. The van der Waals surface area contributed by atoms with Crippen molar-refractivity contribution in [1.29, 1.82) is 5.41 Å². The number of aliphatic hydroxyl groups excluding tert-OH is 1. The van der Waals surface area contributed by atoms with E-state index in [1.807, 2.05) is 26.0 Å². The molecule has 2 aromatic heterocycles. The van der Waals surface area contributed by atoms with E-state index >= 15 is 0 Å². The van der Waals surface area contributed by atoms with Gasteiger partial charge in [0.1, 0.15) is 5.76 Å². The first-order chi connectivity index (χ1) is 11.0. The Morgan fingerprint density at radius 3 is 2.78 bits per heavy atom. The number of rotatable bonds is 6. The first kappa shape index (κ1) is 16.6. The van der Waals surface area contributed by atoms with Gasteiger partial charge in [0.2, 0.25) is 5.95 Å². The van der Waals surface area contributed by atoms with Crippen LogP contribution in [0.1, 0.15) is 43.5 Å². The van der Waals surface area contributed by atoms with Crippen molar-refractivity contribution in [1.82, 2.24) is 15.0 Å². The van der Waals surface area contributed by atoms with Crippen LogP contribution in [-0.2, 0) is 6.54 Å². The van der Waals surface area contributed by atoms with Crippen LogP contribution in [0.25, 0.3) is 5.76 Å². The molecule has 0 bridgehead atoms. The zero-order chi connectivity index (χ0) is 16.8. The first-order valence-corrected chi connectivity index (χ1v) is 7.43. The Balaban J connectivity index is 2.24. The summed E-state index contributed by atoms with van der Waals surface area (Å²) in [6.45, 7) is 6.19. The standard InChI is InChI=1S/C17H21N5O/c1-11(2)16-14(15(23)7-12(3)18)10-21-17(22-16)20-9-13-5-4-6-19-8-13/h4-8,10-11,18,23H,9H2,1-3H3,(H,20,21,22)/b15-7-,18-12?. The van der Waals surface area contributed by atoms with Crippen LogP contribution in [0.4, 0.5) is 5.95 Å². The van der Waals surface area contributed by atoms with Crippen LogP contribution in [0, 0.1) is 5.41 Å². The van der Waals surface area contributed by atoms with Crippen LogP contribution in [-0.4, -0.2) is 25.8 Å². The SMILES string of the molecule is CC(=N)/C=C(\O)c1cnc(NCc2cccnc2)nc1C(C)C. The number of aliphatic hydroxyl groups is 1. The molecule has 0 aromatic carbocycles. The van der Waals surface area contributed by atoms with Gasteiger partial charge in [-0.2, -0.15) is 0 Å². The van der Waals surface area contributed by atoms with Crippen LogP contribution in [0.5, 0.6) is 0 Å². The molecular weight excluding hydrogens is 290 g/mol. The van der Waals surface area contributed by atoms with Gasteiger partial charge in [-0.1, -0.05) is 19.9 Å². The molecule has 0 aliphatic rings. The summed E-state index contributed by atoms with van der Waals surface area (Å²) in [5.41, 5.74) is 2.60. The van der Waals surface area contributed by atoms with Gasteiger partial charge in [0, 0.05) is 36.9 Å². The molecule has 0 saturated heterocycles. The molecule has 0 spiro atoms. The average molecular weight is 311 g/mol. The summed E-state index contributed by atoms with van der Waals surface area (Å²) in [6, 6.07) is 3.85. The van der Waals surface area contributed by atoms with Crippen molar-refractivity contribution in [2.45, 2.75) is 33.2 Å². The lowest BCUT2D eigenvalue weighted by Gasteiger charge is -2.13. The fourth-order valence-corrected chi connectivity index (χ4v) is 2.08. The van der Waals surface area contributed by atoms with E-state index in [0.29, 0.717) is 18.1 Å². The Hall–Kier alpha value is -2.76. The van der Waals surface area contributed by atoms with Gasteiger partial charge in [-0.05, 0) is 24.5 Å². The molecule has 0 unspecified atom stereocenters. The van der Waals surface area contributed by atoms with Gasteiger partial charge in [-0.25, -0.2) is 9.97 Å². The number of nitrogens with one attached hydrogen (secondary N) is 2. The molecule has 2 aromatic rings. The molecule has 2 heterocycles. The molecule has 120 valence electrons. The Morgan fingerprint density at radius 2 is 2.17 bits per heavy atom. The zero-order valence-corrected chi connectivity index (χ0v) is 13.5. The van der Waals surface area contributed by atoms with Crippen molar-refractivity contribution in [2.24, 2.45) is 0 Å². The van der Waals surface area contributed by atoms with E-state index in [4.69, 9.17) is 5.41 Å². The lowest BCUT2D eigenvalue weighted by atomic mass is 10.0. The summed E-state index contributed by atoms with van der Waals surface area (Å²) in [6.07, 6.45) is 6.49. The number of anilines is 1. The average Bonchev–Trinajstić information content (AvgIpc) is 2.53. The minimum absolute atomic E-state index is 0.0139. The third kappa shape index (κ3) is 4.60. The summed E-state index contributed by atoms with van der Waals surface area (Å²) >= 11 is 0. The third-order valence-corrected chi connectivity index (χ3v) is 3.17. The third-order valence-electron chi connectivity index (χ3n) is 3.17. The minimum Gasteiger partial charge on any atom is -0.507 e. The molecule has 6 nitrogen and oxygen atoms in total. The monoisotopic (exact) mass is 311 g/mol. The zero-order valence-electron chi connectivity index (χ0n) is 13.5. The van der Waals surface area contributed by atoms with Crippen LogP contribution in [0.3, 0.4) is 0 Å². The first-order valence-electron chi connectivity index (χ1n) is 7.43. The van der Waals surface area contributed by atoms with Gasteiger partial charge >= 0.3 is 0 Å². The van der Waals surface area contributed by atoms with Crippen molar-refractivity contribution < 1.29 is 5.11 Å². The number of nitrogens with zero attached hydrogens (tertiary/aromatic N) is 3. The molecule has 2 rings (SSSR count). The predicted molar refractivity (Wildman–Crippen MR) is 91.7 cm³/mol. The number of hydrogen-bond acceptors (Lipinski definition) is 6. The predicted octanol–water partition coefficient (Wildman–Crippen LogP) is 3.55. The maximum Gasteiger partial charge on any atom is 0.223 e. The summed E-state index contributed by atoms with van der Waals surface area (Å²) in [5, 5.41) is 20.7. The minimum atomic E-state index is 0.0139. The highest BCUT2D eigenvalue weighted by Crippen LogP contribution is 2.23. The highest BCUT2D eigenvalue weighted by Gasteiger charge is 2.14. The molecule has 0 atom stereocenters. The van der Waals surface area contributed by atoms with E-state index in [0.717, 1.165) is 11.3 Å². The van der Waals surface area contributed by atoms with E-state index in [1.54, 1.807) is 25.5 Å². The van der Waals surface area contributed by atoms with Gasteiger partial charge in [-0.15, -0.1) is 0 Å². The lowest BCUT2D eigenvalue weighted by molar-refractivity contribution is 0.509. The van der Waals surface area contributed by atoms with Gasteiger partial charge in [-0.3, -0.25) is 4.98 Å². The van der Waals surface area contributed by atoms with Gasteiger partial charge in [0.15, 0.2) is 0 Å². The van der Waals surface area contributed by atoms with Crippen LogP contribution >= 0.6 is 0 Å². The smallest absolute Gasteiger partial charge is 0.223 e. The number of pyridine rings is 1. The fraction of sp³-hybridized carbons (Fsp3) is 0.294. The molecule has 23 heavy (non-hydrogen) atoms. The van der Waals surface area contributed by atoms with Gasteiger partial charge in [0.05, 0.1) is 11.3 Å². The molecule has 0 saturated carbocycles. The summed E-state index contributed by atoms with van der Waals surface area (Å²) in [4.78, 5) is 12.8. The molecular formula is C17H21N5O. The van der Waals surface area contributed by atoms with E-state index in [9.17, 15) is 5.11 Å². The molecule has 0 fully saturated rings. The second-order valence-corrected chi connectivity index (χ2v) is 5.57. The summed E-state index contributed by atoms with van der Waals surface area (Å²) in [5.74, 6) is 0.634. The molecule has 0 radical (unpaired) electrons. The van der Waals surface area contributed by atoms with Crippen molar-refractivity contribution >= 4 is 17.4 Å². The summed E-state index contributed by atoms with van der Waals surface area (Å²) in [7, 11) is 0. The van der Waals surface area contributed by atoms with Gasteiger partial charge < -0.3 is 15.8 Å². The van der Waals surface area contributed by atoms with E-state index < -0.39 is 0 Å². The normalized spacial score (nSPS) is 11.6. The van der Waals surface area contributed by atoms with Gasteiger partial charge in [0.25, 0.3) is 0 Å². The quantitative estimate of drug-likeness (QED) is 0.560. The number of hydrogen-bond donors (Lipinski definition) is 3. The number of allylic oxidation sites excluding steroid dienone is 1. The maximum absolute atomic E-state index is 10.1. The summed E-state index contributed by atoms with van der Waals surface area (Å²) < 4.78 is 0. The number of aromatic nitrogens is 3. The van der Waals surface area contributed by atoms with Crippen molar-refractivity contribution in [3.05, 3.63) is 53.6 Å². The molecule has 0 aliphatic heterocycles. The van der Waals surface area contributed by atoms with Crippen molar-refractivity contribution in [3.63, 3.8) is 0 Å². The topological polar surface area (TPSA) is 94.8 Å². The Labute approximate surface area is 135 Å². The second-order valence-electron chi connectivity index (χ2n) is 5.57. The molecule has 3 N–H and O–H groups in total.